The first-order chi connectivity index (χ1) is 22.7. The molecule has 0 aliphatic carbocycles. The fraction of sp³-hybridized carbons (Fsp3) is 0. The van der Waals surface area contributed by atoms with Crippen molar-refractivity contribution in [3.63, 3.8) is 0 Å². The van der Waals surface area contributed by atoms with Crippen molar-refractivity contribution in [3.8, 4) is 34.4 Å². The predicted molar refractivity (Wildman–Crippen MR) is 180 cm³/mol. The molecule has 0 spiro atoms. The Bertz CT molecular complexity index is 2270. The van der Waals surface area contributed by atoms with Crippen molar-refractivity contribution in [2.45, 2.75) is 0 Å². The van der Waals surface area contributed by atoms with Crippen LogP contribution in [0, 0.1) is 0 Å². The molecule has 3 aromatic heterocycles. The zero-order chi connectivity index (χ0) is 30.5. The van der Waals surface area contributed by atoms with Crippen LogP contribution in [-0.4, -0.2) is 15.0 Å². The summed E-state index contributed by atoms with van der Waals surface area (Å²) in [7, 11) is 0. The summed E-state index contributed by atoms with van der Waals surface area (Å²) < 4.78 is 18.2. The van der Waals surface area contributed by atoms with Gasteiger partial charge in [-0.05, 0) is 103 Å². The predicted octanol–water partition coefficient (Wildman–Crippen LogP) is 10.6. The largest absolute Gasteiger partial charge is 0.436 e. The lowest BCUT2D eigenvalue weighted by Gasteiger charge is -2.26. The van der Waals surface area contributed by atoms with Gasteiger partial charge >= 0.3 is 0 Å². The van der Waals surface area contributed by atoms with E-state index in [-0.39, 0.29) is 0 Å². The summed E-state index contributed by atoms with van der Waals surface area (Å²) in [5.74, 6) is 1.74. The van der Waals surface area contributed by atoms with Crippen molar-refractivity contribution < 1.29 is 13.3 Å². The minimum atomic E-state index is 0.570. The second kappa shape index (κ2) is 10.6. The lowest BCUT2D eigenvalue weighted by molar-refractivity contribution is 0.619. The Morgan fingerprint density at radius 2 is 0.761 bits per heavy atom. The third-order valence-electron chi connectivity index (χ3n) is 7.98. The number of nitrogens with zero attached hydrogens (tertiary/aromatic N) is 4. The first-order valence-electron chi connectivity index (χ1n) is 14.9. The maximum absolute atomic E-state index is 6.12. The topological polar surface area (TPSA) is 81.3 Å². The molecule has 0 saturated heterocycles. The Kier molecular flexibility index (Phi) is 5.99. The van der Waals surface area contributed by atoms with Gasteiger partial charge in [-0.15, -0.1) is 0 Å². The van der Waals surface area contributed by atoms with E-state index in [1.54, 1.807) is 0 Å². The van der Waals surface area contributed by atoms with Gasteiger partial charge in [0.25, 0.3) is 0 Å². The summed E-state index contributed by atoms with van der Waals surface area (Å²) in [5, 5.41) is 0. The molecule has 6 aromatic carbocycles. The fourth-order valence-electron chi connectivity index (χ4n) is 5.72. The van der Waals surface area contributed by atoms with Gasteiger partial charge in [-0.25, -0.2) is 15.0 Å². The van der Waals surface area contributed by atoms with Crippen LogP contribution in [0.5, 0.6) is 0 Å². The third-order valence-corrected chi connectivity index (χ3v) is 7.98. The maximum Gasteiger partial charge on any atom is 0.227 e. The van der Waals surface area contributed by atoms with Gasteiger partial charge < -0.3 is 18.2 Å². The molecule has 46 heavy (non-hydrogen) atoms. The van der Waals surface area contributed by atoms with Crippen LogP contribution in [0.4, 0.5) is 17.1 Å². The van der Waals surface area contributed by atoms with Crippen LogP contribution >= 0.6 is 0 Å². The normalized spacial score (nSPS) is 11.5. The third kappa shape index (κ3) is 4.58. The van der Waals surface area contributed by atoms with Crippen LogP contribution in [0.3, 0.4) is 0 Å². The minimum Gasteiger partial charge on any atom is -0.436 e. The van der Waals surface area contributed by atoms with Gasteiger partial charge in [-0.3, -0.25) is 0 Å². The summed E-state index contributed by atoms with van der Waals surface area (Å²) in [6, 6.07) is 48.0. The van der Waals surface area contributed by atoms with Gasteiger partial charge in [-0.2, -0.15) is 0 Å². The van der Waals surface area contributed by atoms with Crippen molar-refractivity contribution in [2.75, 3.05) is 4.90 Å². The van der Waals surface area contributed by atoms with E-state index in [0.29, 0.717) is 17.7 Å². The van der Waals surface area contributed by atoms with Gasteiger partial charge in [0.05, 0.1) is 0 Å². The van der Waals surface area contributed by atoms with Gasteiger partial charge in [0, 0.05) is 33.8 Å². The number of anilines is 3. The standard InChI is InChI=1S/C39H24N4O3/c1-4-13-34-31(10-1)40-37(44-34)25-16-20-28(21-17-25)43(29-22-18-26(19-23-29)38-41-32-11-2-5-14-35(32)45-38)30-9-7-8-27(24-30)39-42-33-12-3-6-15-36(33)46-39/h1-24H. The Balaban J connectivity index is 1.12. The summed E-state index contributed by atoms with van der Waals surface area (Å²) in [6.07, 6.45) is 0. The fourth-order valence-corrected chi connectivity index (χ4v) is 5.72. The minimum absolute atomic E-state index is 0.570. The lowest BCUT2D eigenvalue weighted by atomic mass is 10.1. The number of para-hydroxylation sites is 6. The molecule has 0 unspecified atom stereocenters. The number of oxazole rings is 3. The molecule has 0 amide bonds. The summed E-state index contributed by atoms with van der Waals surface area (Å²) in [4.78, 5) is 16.3. The van der Waals surface area contributed by atoms with E-state index in [1.807, 2.05) is 109 Å². The molecule has 0 N–H and O–H groups in total. The summed E-state index contributed by atoms with van der Waals surface area (Å²) in [5.41, 5.74) is 10.3. The highest BCUT2D eigenvalue weighted by Crippen LogP contribution is 2.39. The lowest BCUT2D eigenvalue weighted by Crippen LogP contribution is -2.10. The number of rotatable bonds is 6. The average molecular weight is 597 g/mol. The van der Waals surface area contributed by atoms with E-state index >= 15 is 0 Å². The Morgan fingerprint density at radius 3 is 1.20 bits per heavy atom. The zero-order valence-corrected chi connectivity index (χ0v) is 24.4. The van der Waals surface area contributed by atoms with E-state index in [0.717, 1.165) is 67.1 Å². The molecule has 0 fully saturated rings. The molecule has 0 atom stereocenters. The number of aromatic nitrogens is 3. The van der Waals surface area contributed by atoms with E-state index in [9.17, 15) is 0 Å². The Hall–Kier alpha value is -6.47. The highest BCUT2D eigenvalue weighted by Gasteiger charge is 2.17. The van der Waals surface area contributed by atoms with Crippen molar-refractivity contribution >= 4 is 50.4 Å². The molecule has 7 heteroatoms. The van der Waals surface area contributed by atoms with Gasteiger partial charge in [0.15, 0.2) is 16.7 Å². The van der Waals surface area contributed by atoms with E-state index < -0.39 is 0 Å². The molecule has 0 aliphatic rings. The van der Waals surface area contributed by atoms with Gasteiger partial charge in [0.2, 0.25) is 17.7 Å². The molecule has 7 nitrogen and oxygen atoms in total. The van der Waals surface area contributed by atoms with E-state index in [4.69, 9.17) is 18.2 Å². The summed E-state index contributed by atoms with van der Waals surface area (Å²) in [6.45, 7) is 0. The molecule has 3 heterocycles. The van der Waals surface area contributed by atoms with Crippen molar-refractivity contribution in [2.24, 2.45) is 0 Å². The highest BCUT2D eigenvalue weighted by atomic mass is 16.4. The quantitative estimate of drug-likeness (QED) is 0.189. The van der Waals surface area contributed by atoms with Crippen LogP contribution in [0.2, 0.25) is 0 Å². The summed E-state index contributed by atoms with van der Waals surface area (Å²) >= 11 is 0. The molecule has 0 radical (unpaired) electrons. The average Bonchev–Trinajstić information content (AvgIpc) is 3.86. The van der Waals surface area contributed by atoms with E-state index in [2.05, 4.69) is 51.3 Å². The molecule has 9 aromatic rings. The maximum atomic E-state index is 6.12. The van der Waals surface area contributed by atoms with Crippen LogP contribution in [0.25, 0.3) is 67.7 Å². The highest BCUT2D eigenvalue weighted by molar-refractivity contribution is 5.83. The molecule has 0 saturated carbocycles. The Morgan fingerprint density at radius 1 is 0.348 bits per heavy atom. The van der Waals surface area contributed by atoms with Gasteiger partial charge in [0.1, 0.15) is 16.6 Å². The van der Waals surface area contributed by atoms with Crippen molar-refractivity contribution in [3.05, 3.63) is 146 Å². The zero-order valence-electron chi connectivity index (χ0n) is 24.4. The number of hydrogen-bond donors (Lipinski definition) is 0. The first kappa shape index (κ1) is 26.0. The van der Waals surface area contributed by atoms with Crippen LogP contribution in [-0.2, 0) is 0 Å². The first-order valence-corrected chi connectivity index (χ1v) is 14.9. The molecule has 218 valence electrons. The molecule has 0 bridgehead atoms. The molecule has 0 aliphatic heterocycles. The van der Waals surface area contributed by atoms with E-state index in [1.165, 1.54) is 0 Å². The monoisotopic (exact) mass is 596 g/mol. The number of fused-ring (bicyclic) bond motifs is 3. The Labute approximate surface area is 263 Å². The van der Waals surface area contributed by atoms with Gasteiger partial charge in [-0.1, -0.05) is 42.5 Å². The number of hydrogen-bond acceptors (Lipinski definition) is 7. The second-order valence-electron chi connectivity index (χ2n) is 10.9. The van der Waals surface area contributed by atoms with Crippen LogP contribution in [0.1, 0.15) is 0 Å². The molecular weight excluding hydrogens is 572 g/mol. The second-order valence-corrected chi connectivity index (χ2v) is 10.9. The SMILES string of the molecule is c1cc(-c2nc3ccccc3o2)cc(N(c2ccc(-c3nc4ccccc4o3)cc2)c2ccc(-c3nc4ccccc4o3)cc2)c1. The van der Waals surface area contributed by atoms with Crippen molar-refractivity contribution in [1.29, 1.82) is 0 Å². The van der Waals surface area contributed by atoms with Crippen LogP contribution < -0.4 is 4.90 Å². The molecular formula is C39H24N4O3. The smallest absolute Gasteiger partial charge is 0.227 e. The molecule has 9 rings (SSSR count). The number of benzene rings is 6. The van der Waals surface area contributed by atoms with Crippen molar-refractivity contribution in [1.82, 2.24) is 15.0 Å². The van der Waals surface area contributed by atoms with Crippen LogP contribution in [0.15, 0.2) is 159 Å².